The molecule has 0 fully saturated rings. The SMILES string of the molecule is Cc1nnc(-c2ccco2)n1/N=C/c1cccc(Oc2ccccc2)c1. The van der Waals surface area contributed by atoms with Gasteiger partial charge in [0.1, 0.15) is 11.5 Å². The summed E-state index contributed by atoms with van der Waals surface area (Å²) in [4.78, 5) is 0. The molecule has 6 nitrogen and oxygen atoms in total. The molecular weight excluding hydrogens is 328 g/mol. The maximum atomic E-state index is 5.85. The lowest BCUT2D eigenvalue weighted by Gasteiger charge is -2.06. The van der Waals surface area contributed by atoms with E-state index in [2.05, 4.69) is 15.3 Å². The first-order chi connectivity index (χ1) is 12.8. The highest BCUT2D eigenvalue weighted by Gasteiger charge is 2.12. The summed E-state index contributed by atoms with van der Waals surface area (Å²) in [5, 5.41) is 12.7. The van der Waals surface area contributed by atoms with Crippen molar-refractivity contribution >= 4 is 6.21 Å². The van der Waals surface area contributed by atoms with Gasteiger partial charge in [-0.3, -0.25) is 0 Å². The lowest BCUT2D eigenvalue weighted by atomic mass is 10.2. The molecule has 0 aliphatic heterocycles. The van der Waals surface area contributed by atoms with E-state index in [1.807, 2.05) is 67.6 Å². The quantitative estimate of drug-likeness (QED) is 0.499. The Morgan fingerprint density at radius 2 is 1.81 bits per heavy atom. The van der Waals surface area contributed by atoms with Gasteiger partial charge in [-0.05, 0) is 48.9 Å². The third kappa shape index (κ3) is 3.39. The highest BCUT2D eigenvalue weighted by atomic mass is 16.5. The smallest absolute Gasteiger partial charge is 0.220 e. The number of furan rings is 1. The Morgan fingerprint density at radius 1 is 0.962 bits per heavy atom. The van der Waals surface area contributed by atoms with Gasteiger partial charge < -0.3 is 9.15 Å². The summed E-state index contributed by atoms with van der Waals surface area (Å²) in [7, 11) is 0. The second-order valence-corrected chi connectivity index (χ2v) is 5.59. The van der Waals surface area contributed by atoms with Crippen LogP contribution in [-0.4, -0.2) is 21.1 Å². The van der Waals surface area contributed by atoms with Crippen LogP contribution in [-0.2, 0) is 0 Å². The third-order valence-electron chi connectivity index (χ3n) is 3.70. The van der Waals surface area contributed by atoms with Crippen molar-refractivity contribution in [1.29, 1.82) is 0 Å². The summed E-state index contributed by atoms with van der Waals surface area (Å²) in [6, 6.07) is 21.0. The zero-order valence-corrected chi connectivity index (χ0v) is 14.1. The average molecular weight is 344 g/mol. The Balaban J connectivity index is 1.58. The van der Waals surface area contributed by atoms with Crippen LogP contribution in [0.3, 0.4) is 0 Å². The number of aromatic nitrogens is 3. The fraction of sp³-hybridized carbons (Fsp3) is 0.0500. The molecule has 0 N–H and O–H groups in total. The van der Waals surface area contributed by atoms with Gasteiger partial charge in [-0.15, -0.1) is 10.2 Å². The zero-order valence-electron chi connectivity index (χ0n) is 14.1. The van der Waals surface area contributed by atoms with Gasteiger partial charge in [0, 0.05) is 0 Å². The van der Waals surface area contributed by atoms with Crippen molar-refractivity contribution in [2.45, 2.75) is 6.92 Å². The number of aryl methyl sites for hydroxylation is 1. The van der Waals surface area contributed by atoms with Crippen LogP contribution in [0.1, 0.15) is 11.4 Å². The topological polar surface area (TPSA) is 65.4 Å². The molecule has 0 bridgehead atoms. The van der Waals surface area contributed by atoms with Gasteiger partial charge in [0.2, 0.25) is 5.82 Å². The monoisotopic (exact) mass is 344 g/mol. The van der Waals surface area contributed by atoms with Crippen LogP contribution in [0, 0.1) is 6.92 Å². The van der Waals surface area contributed by atoms with Gasteiger partial charge in [0.25, 0.3) is 0 Å². The van der Waals surface area contributed by atoms with Crippen LogP contribution >= 0.6 is 0 Å². The highest BCUT2D eigenvalue weighted by molar-refractivity contribution is 5.80. The van der Waals surface area contributed by atoms with E-state index in [-0.39, 0.29) is 0 Å². The first kappa shape index (κ1) is 15.8. The van der Waals surface area contributed by atoms with E-state index in [0.29, 0.717) is 17.4 Å². The standard InChI is InChI=1S/C20H16N4O2/c1-15-22-23-20(19-11-6-12-25-19)24(15)21-14-16-7-5-10-18(13-16)26-17-8-3-2-4-9-17/h2-14H,1H3/b21-14+. The van der Waals surface area contributed by atoms with Gasteiger partial charge in [0.15, 0.2) is 11.6 Å². The minimum absolute atomic E-state index is 0.556. The van der Waals surface area contributed by atoms with Crippen LogP contribution in [0.25, 0.3) is 11.6 Å². The Morgan fingerprint density at radius 3 is 2.62 bits per heavy atom. The van der Waals surface area contributed by atoms with E-state index in [0.717, 1.165) is 17.1 Å². The number of rotatable bonds is 5. The number of hydrogen-bond acceptors (Lipinski definition) is 5. The van der Waals surface area contributed by atoms with Crippen molar-refractivity contribution in [3.05, 3.63) is 84.4 Å². The van der Waals surface area contributed by atoms with Crippen LogP contribution in [0.5, 0.6) is 11.5 Å². The second-order valence-electron chi connectivity index (χ2n) is 5.59. The molecule has 0 aliphatic carbocycles. The fourth-order valence-corrected chi connectivity index (χ4v) is 2.46. The van der Waals surface area contributed by atoms with Crippen molar-refractivity contribution in [3.63, 3.8) is 0 Å². The summed E-state index contributed by atoms with van der Waals surface area (Å²) in [6.45, 7) is 1.84. The van der Waals surface area contributed by atoms with Crippen molar-refractivity contribution in [1.82, 2.24) is 14.9 Å². The molecular formula is C20H16N4O2. The average Bonchev–Trinajstić information content (AvgIpc) is 3.31. The summed E-state index contributed by atoms with van der Waals surface area (Å²) in [6.07, 6.45) is 3.33. The van der Waals surface area contributed by atoms with E-state index >= 15 is 0 Å². The largest absolute Gasteiger partial charge is 0.461 e. The molecule has 4 aromatic rings. The Bertz CT molecular complexity index is 1020. The molecule has 0 unspecified atom stereocenters. The van der Waals surface area contributed by atoms with E-state index in [1.54, 1.807) is 23.2 Å². The number of ether oxygens (including phenoxy) is 1. The zero-order chi connectivity index (χ0) is 17.8. The van der Waals surface area contributed by atoms with Gasteiger partial charge in [-0.2, -0.15) is 9.78 Å². The van der Waals surface area contributed by atoms with Crippen molar-refractivity contribution in [3.8, 4) is 23.1 Å². The molecule has 0 radical (unpaired) electrons. The number of para-hydroxylation sites is 1. The molecule has 0 spiro atoms. The lowest BCUT2D eigenvalue weighted by molar-refractivity contribution is 0.482. The molecule has 0 saturated heterocycles. The van der Waals surface area contributed by atoms with Crippen LogP contribution in [0.15, 0.2) is 82.5 Å². The first-order valence-electron chi connectivity index (χ1n) is 8.13. The Hall–Kier alpha value is -3.67. The maximum Gasteiger partial charge on any atom is 0.220 e. The Kier molecular flexibility index (Phi) is 4.30. The number of benzene rings is 2. The predicted molar refractivity (Wildman–Crippen MR) is 98.4 cm³/mol. The molecule has 0 aliphatic rings. The van der Waals surface area contributed by atoms with Crippen molar-refractivity contribution < 1.29 is 9.15 Å². The lowest BCUT2D eigenvalue weighted by Crippen LogP contribution is -1.96. The number of nitrogens with zero attached hydrogens (tertiary/aromatic N) is 4. The summed E-state index contributed by atoms with van der Waals surface area (Å²) >= 11 is 0. The van der Waals surface area contributed by atoms with E-state index in [1.165, 1.54) is 0 Å². The van der Waals surface area contributed by atoms with Gasteiger partial charge in [-0.1, -0.05) is 30.3 Å². The molecule has 6 heteroatoms. The maximum absolute atomic E-state index is 5.85. The third-order valence-corrected chi connectivity index (χ3v) is 3.70. The van der Waals surface area contributed by atoms with Crippen LogP contribution < -0.4 is 4.74 Å². The van der Waals surface area contributed by atoms with Gasteiger partial charge in [-0.25, -0.2) is 0 Å². The number of hydrogen-bond donors (Lipinski definition) is 0. The molecule has 2 aromatic heterocycles. The molecule has 0 saturated carbocycles. The Labute approximate surface area is 150 Å². The van der Waals surface area contributed by atoms with Gasteiger partial charge in [0.05, 0.1) is 12.5 Å². The van der Waals surface area contributed by atoms with Crippen LogP contribution in [0.2, 0.25) is 0 Å². The van der Waals surface area contributed by atoms with E-state index in [9.17, 15) is 0 Å². The normalized spacial score (nSPS) is 11.1. The molecule has 128 valence electrons. The molecule has 0 atom stereocenters. The van der Waals surface area contributed by atoms with Crippen molar-refractivity contribution in [2.75, 3.05) is 0 Å². The fourth-order valence-electron chi connectivity index (χ4n) is 2.46. The summed E-state index contributed by atoms with van der Waals surface area (Å²) in [5.41, 5.74) is 0.900. The van der Waals surface area contributed by atoms with Crippen molar-refractivity contribution in [2.24, 2.45) is 5.10 Å². The first-order valence-corrected chi connectivity index (χ1v) is 8.13. The highest BCUT2D eigenvalue weighted by Crippen LogP contribution is 2.22. The minimum atomic E-state index is 0.556. The minimum Gasteiger partial charge on any atom is -0.461 e. The molecule has 2 aromatic carbocycles. The molecule has 4 rings (SSSR count). The van der Waals surface area contributed by atoms with E-state index < -0.39 is 0 Å². The predicted octanol–water partition coefficient (Wildman–Crippen LogP) is 4.52. The van der Waals surface area contributed by atoms with Crippen LogP contribution in [0.4, 0.5) is 0 Å². The summed E-state index contributed by atoms with van der Waals surface area (Å²) in [5.74, 6) is 3.37. The molecule has 0 amide bonds. The second kappa shape index (κ2) is 7.06. The molecule has 26 heavy (non-hydrogen) atoms. The van der Waals surface area contributed by atoms with Gasteiger partial charge >= 0.3 is 0 Å². The van der Waals surface area contributed by atoms with E-state index in [4.69, 9.17) is 9.15 Å². The summed E-state index contributed by atoms with van der Waals surface area (Å²) < 4.78 is 12.9. The molecule has 2 heterocycles.